The Kier molecular flexibility index (Phi) is 4.62. The number of nitrogens with one attached hydrogen (secondary N) is 1. The van der Waals surface area contributed by atoms with E-state index in [0.29, 0.717) is 0 Å². The molecule has 0 aromatic heterocycles. The van der Waals surface area contributed by atoms with Gasteiger partial charge in [0.2, 0.25) is 0 Å². The minimum atomic E-state index is 0.247. The Hall–Kier alpha value is -0.150. The van der Waals surface area contributed by atoms with Crippen LogP contribution in [0.5, 0.6) is 0 Å². The molecule has 0 unspecified atom stereocenters. The average Bonchev–Trinajstić information content (AvgIpc) is 1.90. The fraction of sp³-hybridized carbons (Fsp3) is 0.833. The number of likely N-dealkylation sites (N-methyl/N-ethyl adjacent to an activating group) is 1. The summed E-state index contributed by atoms with van der Waals surface area (Å²) in [5, 5.41) is 0. The zero-order valence-electron chi connectivity index (χ0n) is 5.98. The predicted octanol–water partition coefficient (Wildman–Crippen LogP) is 0.938. The molecule has 2 nitrogen and oxygen atoms in total. The summed E-state index contributed by atoms with van der Waals surface area (Å²) in [6.45, 7) is 6.19. The van der Waals surface area contributed by atoms with Crippen LogP contribution in [0.25, 0.3) is 0 Å². The fourth-order valence-electron chi connectivity index (χ4n) is 0.688. The first-order valence-corrected chi connectivity index (χ1v) is 3.59. The minimum Gasteiger partial charge on any atom is -0.366 e. The largest absolute Gasteiger partial charge is 0.366 e. The standard InChI is InChI=1S/C6H13N2S/c1-3-8(4-2)6(9)5-7/h7H,3-5H2,1-2H3. The van der Waals surface area contributed by atoms with E-state index < -0.39 is 0 Å². The van der Waals surface area contributed by atoms with Gasteiger partial charge in [0.25, 0.3) is 0 Å². The first-order chi connectivity index (χ1) is 4.26. The molecule has 53 valence electrons. The van der Waals surface area contributed by atoms with Gasteiger partial charge in [-0.15, -0.1) is 0 Å². The van der Waals surface area contributed by atoms with Gasteiger partial charge >= 0.3 is 0 Å². The summed E-state index contributed by atoms with van der Waals surface area (Å²) < 4.78 is 0. The predicted molar refractivity (Wildman–Crippen MR) is 43.5 cm³/mol. The van der Waals surface area contributed by atoms with Crippen molar-refractivity contribution in [3.8, 4) is 0 Å². The second kappa shape index (κ2) is 4.70. The van der Waals surface area contributed by atoms with Gasteiger partial charge < -0.3 is 4.90 Å². The molecule has 3 heteroatoms. The summed E-state index contributed by atoms with van der Waals surface area (Å²) in [7, 11) is 0. The number of thiocarbonyl (C=S) groups is 1. The lowest BCUT2D eigenvalue weighted by atomic mass is 10.5. The molecule has 0 bridgehead atoms. The molecule has 0 saturated heterocycles. The van der Waals surface area contributed by atoms with Gasteiger partial charge in [0.15, 0.2) is 0 Å². The lowest BCUT2D eigenvalue weighted by Crippen LogP contribution is -2.31. The summed E-state index contributed by atoms with van der Waals surface area (Å²) in [4.78, 5) is 2.77. The molecular weight excluding hydrogens is 132 g/mol. The molecule has 0 aliphatic rings. The Bertz CT molecular complexity index is 89.1. The molecule has 1 radical (unpaired) electrons. The van der Waals surface area contributed by atoms with Gasteiger partial charge in [-0.25, -0.2) is 0 Å². The lowest BCUT2D eigenvalue weighted by Gasteiger charge is -2.19. The van der Waals surface area contributed by atoms with Crippen molar-refractivity contribution in [1.29, 1.82) is 0 Å². The molecule has 0 atom stereocenters. The van der Waals surface area contributed by atoms with E-state index in [1.165, 1.54) is 0 Å². The van der Waals surface area contributed by atoms with Crippen molar-refractivity contribution < 1.29 is 0 Å². The molecule has 0 spiro atoms. The number of hydrogen-bond acceptors (Lipinski definition) is 1. The molecule has 9 heavy (non-hydrogen) atoms. The Labute approximate surface area is 62.0 Å². The highest BCUT2D eigenvalue weighted by atomic mass is 32.1. The van der Waals surface area contributed by atoms with Crippen molar-refractivity contribution in [3.63, 3.8) is 0 Å². The smallest absolute Gasteiger partial charge is 0.0933 e. The molecule has 0 amide bonds. The highest BCUT2D eigenvalue weighted by Crippen LogP contribution is 1.88. The molecule has 1 N–H and O–H groups in total. The van der Waals surface area contributed by atoms with Crippen LogP contribution in [0.4, 0.5) is 0 Å². The van der Waals surface area contributed by atoms with Crippen LogP contribution >= 0.6 is 12.2 Å². The van der Waals surface area contributed by atoms with E-state index in [2.05, 4.69) is 0 Å². The van der Waals surface area contributed by atoms with Crippen LogP contribution in [0.15, 0.2) is 0 Å². The van der Waals surface area contributed by atoms with Crippen LogP contribution in [0, 0.1) is 0 Å². The van der Waals surface area contributed by atoms with Crippen LogP contribution in [0.3, 0.4) is 0 Å². The first kappa shape index (κ1) is 8.85. The number of hydrogen-bond donors (Lipinski definition) is 0. The molecule has 0 saturated carbocycles. The summed E-state index contributed by atoms with van der Waals surface area (Å²) in [6, 6.07) is 0. The Morgan fingerprint density at radius 3 is 2.00 bits per heavy atom. The maximum Gasteiger partial charge on any atom is 0.0933 e. The molecule has 0 aromatic carbocycles. The van der Waals surface area contributed by atoms with E-state index >= 15 is 0 Å². The molecule has 0 rings (SSSR count). The monoisotopic (exact) mass is 145 g/mol. The second-order valence-electron chi connectivity index (χ2n) is 1.74. The van der Waals surface area contributed by atoms with Gasteiger partial charge in [0.05, 0.1) is 11.5 Å². The Morgan fingerprint density at radius 1 is 1.44 bits per heavy atom. The van der Waals surface area contributed by atoms with Crippen molar-refractivity contribution in [3.05, 3.63) is 0 Å². The SMILES string of the molecule is CCN(CC)C(=S)C[NH]. The van der Waals surface area contributed by atoms with E-state index in [-0.39, 0.29) is 6.54 Å². The van der Waals surface area contributed by atoms with Gasteiger partial charge in [-0.05, 0) is 13.8 Å². The first-order valence-electron chi connectivity index (χ1n) is 3.18. The van der Waals surface area contributed by atoms with E-state index in [1.54, 1.807) is 0 Å². The van der Waals surface area contributed by atoms with Gasteiger partial charge in [-0.1, -0.05) is 12.2 Å². The van der Waals surface area contributed by atoms with Crippen molar-refractivity contribution >= 4 is 17.2 Å². The average molecular weight is 145 g/mol. The Balaban J connectivity index is 3.64. The second-order valence-corrected chi connectivity index (χ2v) is 2.21. The van der Waals surface area contributed by atoms with Crippen LogP contribution in [0.1, 0.15) is 13.8 Å². The van der Waals surface area contributed by atoms with Crippen molar-refractivity contribution in [2.45, 2.75) is 13.8 Å². The third kappa shape index (κ3) is 2.77. The molecule has 0 aromatic rings. The molecule has 0 fully saturated rings. The van der Waals surface area contributed by atoms with Crippen LogP contribution in [-0.2, 0) is 0 Å². The van der Waals surface area contributed by atoms with Gasteiger partial charge in [-0.2, -0.15) is 0 Å². The van der Waals surface area contributed by atoms with Crippen molar-refractivity contribution in [1.82, 2.24) is 10.6 Å². The number of rotatable bonds is 3. The number of nitrogens with zero attached hydrogens (tertiary/aromatic N) is 1. The molecule has 0 aliphatic heterocycles. The summed E-state index contributed by atoms with van der Waals surface area (Å²) >= 11 is 4.91. The van der Waals surface area contributed by atoms with Gasteiger partial charge in [0.1, 0.15) is 0 Å². The molecule has 0 heterocycles. The maximum absolute atomic E-state index is 6.96. The topological polar surface area (TPSA) is 27.0 Å². The zero-order valence-corrected chi connectivity index (χ0v) is 6.79. The Morgan fingerprint density at radius 2 is 1.89 bits per heavy atom. The van der Waals surface area contributed by atoms with E-state index in [9.17, 15) is 0 Å². The summed E-state index contributed by atoms with van der Waals surface area (Å²) in [6.07, 6.45) is 0. The van der Waals surface area contributed by atoms with E-state index in [1.807, 2.05) is 18.7 Å². The van der Waals surface area contributed by atoms with E-state index in [0.717, 1.165) is 18.1 Å². The highest BCUT2D eigenvalue weighted by molar-refractivity contribution is 7.80. The van der Waals surface area contributed by atoms with Gasteiger partial charge in [0, 0.05) is 13.1 Å². The van der Waals surface area contributed by atoms with Crippen molar-refractivity contribution in [2.24, 2.45) is 0 Å². The third-order valence-electron chi connectivity index (χ3n) is 1.27. The highest BCUT2D eigenvalue weighted by Gasteiger charge is 2.00. The van der Waals surface area contributed by atoms with Crippen molar-refractivity contribution in [2.75, 3.05) is 19.6 Å². The summed E-state index contributed by atoms with van der Waals surface area (Å²) in [5.41, 5.74) is 6.96. The normalized spacial score (nSPS) is 9.22. The van der Waals surface area contributed by atoms with Crippen LogP contribution in [0.2, 0.25) is 0 Å². The molecular formula is C6H13N2S. The molecule has 0 aliphatic carbocycles. The zero-order chi connectivity index (χ0) is 7.28. The fourth-order valence-corrected chi connectivity index (χ4v) is 0.946. The minimum absolute atomic E-state index is 0.247. The van der Waals surface area contributed by atoms with Gasteiger partial charge in [-0.3, -0.25) is 5.73 Å². The third-order valence-corrected chi connectivity index (χ3v) is 1.67. The quantitative estimate of drug-likeness (QED) is 0.553. The van der Waals surface area contributed by atoms with E-state index in [4.69, 9.17) is 18.0 Å². The van der Waals surface area contributed by atoms with Crippen LogP contribution < -0.4 is 5.73 Å². The maximum atomic E-state index is 6.96. The lowest BCUT2D eigenvalue weighted by molar-refractivity contribution is 0.468. The van der Waals surface area contributed by atoms with Crippen LogP contribution in [-0.4, -0.2) is 29.5 Å². The summed E-state index contributed by atoms with van der Waals surface area (Å²) in [5.74, 6) is 0.